The highest BCUT2D eigenvalue weighted by atomic mass is 19.4. The first-order valence-corrected chi connectivity index (χ1v) is 11.8. The molecule has 0 radical (unpaired) electrons. The molecule has 3 aromatic carbocycles. The Hall–Kier alpha value is -4.74. The first-order chi connectivity index (χ1) is 18.5. The third-order valence-corrected chi connectivity index (χ3v) is 5.89. The molecule has 0 aliphatic carbocycles. The summed E-state index contributed by atoms with van der Waals surface area (Å²) >= 11 is 0. The summed E-state index contributed by atoms with van der Waals surface area (Å²) in [6.45, 7) is 3.62. The standard InChI is InChI=1S/C27H23F3N4O5/c1-4-16(2)39-24-22(34(36)37)12-17(13-23(24)38-3)15-31-33-25(18-8-7-9-19(14-18)27(28,29)30)32-21-11-6-5-10-20(21)26(33)35/h5-16H,4H2,1-3H3/t16-/m0/s1. The van der Waals surface area contributed by atoms with Crippen LogP contribution in [0.3, 0.4) is 0 Å². The van der Waals surface area contributed by atoms with Gasteiger partial charge in [-0.2, -0.15) is 22.9 Å². The molecular formula is C27H23F3N4O5. The Morgan fingerprint density at radius 3 is 2.56 bits per heavy atom. The van der Waals surface area contributed by atoms with E-state index in [1.807, 2.05) is 6.92 Å². The van der Waals surface area contributed by atoms with Crippen LogP contribution in [0.4, 0.5) is 18.9 Å². The maximum absolute atomic E-state index is 13.4. The average Bonchev–Trinajstić information content (AvgIpc) is 2.92. The van der Waals surface area contributed by atoms with Crippen LogP contribution in [0.1, 0.15) is 31.4 Å². The van der Waals surface area contributed by atoms with Gasteiger partial charge in [0.1, 0.15) is 0 Å². The molecule has 1 aromatic heterocycles. The van der Waals surface area contributed by atoms with E-state index >= 15 is 0 Å². The summed E-state index contributed by atoms with van der Waals surface area (Å²) < 4.78 is 52.1. The normalized spacial score (nSPS) is 12.6. The van der Waals surface area contributed by atoms with E-state index in [2.05, 4.69) is 10.1 Å². The van der Waals surface area contributed by atoms with Crippen LogP contribution in [0.15, 0.2) is 70.6 Å². The minimum Gasteiger partial charge on any atom is -0.493 e. The number of methoxy groups -OCH3 is 1. The van der Waals surface area contributed by atoms with Gasteiger partial charge < -0.3 is 9.47 Å². The number of nitrogens with zero attached hydrogens (tertiary/aromatic N) is 4. The van der Waals surface area contributed by atoms with Crippen LogP contribution in [0.2, 0.25) is 0 Å². The molecule has 0 N–H and O–H groups in total. The molecule has 0 aliphatic rings. The fraction of sp³-hybridized carbons (Fsp3) is 0.222. The zero-order valence-electron chi connectivity index (χ0n) is 21.1. The number of benzene rings is 3. The van der Waals surface area contributed by atoms with Crippen molar-refractivity contribution in [3.05, 3.63) is 92.3 Å². The molecule has 0 unspecified atom stereocenters. The average molecular weight is 540 g/mol. The molecule has 12 heteroatoms. The van der Waals surface area contributed by atoms with Crippen molar-refractivity contribution in [2.45, 2.75) is 32.5 Å². The number of para-hydroxylation sites is 1. The first kappa shape index (κ1) is 27.3. The van der Waals surface area contributed by atoms with Crippen molar-refractivity contribution in [2.24, 2.45) is 5.10 Å². The molecule has 0 bridgehead atoms. The van der Waals surface area contributed by atoms with Gasteiger partial charge in [-0.3, -0.25) is 14.9 Å². The van der Waals surface area contributed by atoms with E-state index in [-0.39, 0.29) is 51.1 Å². The Bertz CT molecular complexity index is 1630. The van der Waals surface area contributed by atoms with Gasteiger partial charge in [0.25, 0.3) is 5.56 Å². The lowest BCUT2D eigenvalue weighted by atomic mass is 10.1. The van der Waals surface area contributed by atoms with Gasteiger partial charge in [-0.25, -0.2) is 4.98 Å². The summed E-state index contributed by atoms with van der Waals surface area (Å²) in [7, 11) is 1.33. The number of fused-ring (bicyclic) bond motifs is 1. The van der Waals surface area contributed by atoms with Crippen LogP contribution >= 0.6 is 0 Å². The number of rotatable bonds is 8. The fourth-order valence-electron chi connectivity index (χ4n) is 3.75. The molecule has 0 aliphatic heterocycles. The number of hydrogen-bond donors (Lipinski definition) is 0. The molecule has 0 spiro atoms. The van der Waals surface area contributed by atoms with Crippen molar-refractivity contribution in [3.8, 4) is 22.9 Å². The van der Waals surface area contributed by atoms with Gasteiger partial charge in [-0.1, -0.05) is 31.2 Å². The van der Waals surface area contributed by atoms with E-state index in [4.69, 9.17) is 9.47 Å². The Morgan fingerprint density at radius 1 is 1.15 bits per heavy atom. The number of halogens is 3. The van der Waals surface area contributed by atoms with E-state index in [1.165, 1.54) is 37.4 Å². The summed E-state index contributed by atoms with van der Waals surface area (Å²) in [5, 5.41) is 16.2. The first-order valence-electron chi connectivity index (χ1n) is 11.8. The summed E-state index contributed by atoms with van der Waals surface area (Å²) in [5.74, 6) is -0.115. The molecular weight excluding hydrogens is 517 g/mol. The number of nitro groups is 1. The van der Waals surface area contributed by atoms with Gasteiger partial charge in [0, 0.05) is 17.2 Å². The van der Waals surface area contributed by atoms with Gasteiger partial charge in [-0.15, -0.1) is 0 Å². The van der Waals surface area contributed by atoms with Crippen molar-refractivity contribution in [2.75, 3.05) is 7.11 Å². The van der Waals surface area contributed by atoms with Gasteiger partial charge in [-0.05, 0) is 43.7 Å². The Balaban J connectivity index is 1.90. The predicted molar refractivity (Wildman–Crippen MR) is 139 cm³/mol. The lowest BCUT2D eigenvalue weighted by Gasteiger charge is -2.16. The second-order valence-corrected chi connectivity index (χ2v) is 8.56. The predicted octanol–water partition coefficient (Wildman–Crippen LogP) is 6.06. The van der Waals surface area contributed by atoms with Crippen LogP contribution < -0.4 is 15.0 Å². The molecule has 4 rings (SSSR count). The third kappa shape index (κ3) is 5.74. The van der Waals surface area contributed by atoms with E-state index in [1.54, 1.807) is 25.1 Å². The molecule has 9 nitrogen and oxygen atoms in total. The Labute approximate surface area is 220 Å². The summed E-state index contributed by atoms with van der Waals surface area (Å²) in [4.78, 5) is 29.0. The number of nitro benzene ring substituents is 1. The monoisotopic (exact) mass is 540 g/mol. The number of alkyl halides is 3. The SMILES string of the molecule is CC[C@H](C)Oc1c(OC)cc(C=Nn2c(-c3cccc(C(F)(F)F)c3)nc3ccccc3c2=O)cc1[N+](=O)[O-]. The maximum Gasteiger partial charge on any atom is 0.416 e. The van der Waals surface area contributed by atoms with Crippen molar-refractivity contribution in [3.63, 3.8) is 0 Å². The van der Waals surface area contributed by atoms with Crippen molar-refractivity contribution < 1.29 is 27.6 Å². The highest BCUT2D eigenvalue weighted by molar-refractivity contribution is 5.84. The molecule has 4 aromatic rings. The van der Waals surface area contributed by atoms with Gasteiger partial charge >= 0.3 is 11.9 Å². The quantitative estimate of drug-likeness (QED) is 0.153. The van der Waals surface area contributed by atoms with Crippen LogP contribution in [0.25, 0.3) is 22.3 Å². The molecule has 1 atom stereocenters. The van der Waals surface area contributed by atoms with Crippen LogP contribution in [0.5, 0.6) is 11.5 Å². The molecule has 0 fully saturated rings. The summed E-state index contributed by atoms with van der Waals surface area (Å²) in [6, 6.07) is 13.4. The van der Waals surface area contributed by atoms with E-state index in [9.17, 15) is 28.1 Å². The second-order valence-electron chi connectivity index (χ2n) is 8.56. The fourth-order valence-corrected chi connectivity index (χ4v) is 3.75. The highest BCUT2D eigenvalue weighted by Crippen LogP contribution is 2.39. The lowest BCUT2D eigenvalue weighted by Crippen LogP contribution is -2.20. The van der Waals surface area contributed by atoms with E-state index < -0.39 is 22.2 Å². The summed E-state index contributed by atoms with van der Waals surface area (Å²) in [6.07, 6.45) is -3.18. The second kappa shape index (κ2) is 10.9. The van der Waals surface area contributed by atoms with E-state index in [0.29, 0.717) is 6.42 Å². The maximum atomic E-state index is 13.4. The van der Waals surface area contributed by atoms with Gasteiger partial charge in [0.15, 0.2) is 11.6 Å². The van der Waals surface area contributed by atoms with Crippen LogP contribution in [0, 0.1) is 10.1 Å². The minimum atomic E-state index is -4.62. The third-order valence-electron chi connectivity index (χ3n) is 5.89. The Kier molecular flexibility index (Phi) is 7.65. The van der Waals surface area contributed by atoms with Crippen molar-refractivity contribution in [1.82, 2.24) is 9.66 Å². The summed E-state index contributed by atoms with van der Waals surface area (Å²) in [5.41, 5.74) is -1.48. The Morgan fingerprint density at radius 2 is 1.90 bits per heavy atom. The van der Waals surface area contributed by atoms with Crippen LogP contribution in [-0.2, 0) is 6.18 Å². The lowest BCUT2D eigenvalue weighted by molar-refractivity contribution is -0.386. The number of ether oxygens (including phenoxy) is 2. The number of aromatic nitrogens is 2. The largest absolute Gasteiger partial charge is 0.493 e. The smallest absolute Gasteiger partial charge is 0.416 e. The zero-order chi connectivity index (χ0) is 28.3. The molecule has 0 saturated heterocycles. The molecule has 202 valence electrons. The van der Waals surface area contributed by atoms with Crippen molar-refractivity contribution in [1.29, 1.82) is 0 Å². The highest BCUT2D eigenvalue weighted by Gasteiger charge is 2.31. The molecule has 1 heterocycles. The van der Waals surface area contributed by atoms with Gasteiger partial charge in [0.2, 0.25) is 5.75 Å². The van der Waals surface area contributed by atoms with Crippen LogP contribution in [-0.4, -0.2) is 34.0 Å². The zero-order valence-corrected chi connectivity index (χ0v) is 21.1. The molecule has 0 amide bonds. The van der Waals surface area contributed by atoms with E-state index in [0.717, 1.165) is 23.0 Å². The molecule has 39 heavy (non-hydrogen) atoms. The minimum absolute atomic E-state index is 0.00527. The topological polar surface area (TPSA) is 109 Å². The number of hydrogen-bond acceptors (Lipinski definition) is 7. The van der Waals surface area contributed by atoms with Gasteiger partial charge in [0.05, 0.1) is 40.8 Å². The van der Waals surface area contributed by atoms with Crippen molar-refractivity contribution >= 4 is 22.8 Å². The molecule has 0 saturated carbocycles.